The first kappa shape index (κ1) is 17.4. The maximum atomic E-state index is 13.6. The van der Waals surface area contributed by atoms with Crippen molar-refractivity contribution >= 4 is 33.9 Å². The van der Waals surface area contributed by atoms with Crippen molar-refractivity contribution in [3.63, 3.8) is 0 Å². The SMILES string of the molecule is CCN(C(=O)C=Cc1cc(Br)ccc1F)C(C)CC(=O)O. The van der Waals surface area contributed by atoms with Crippen LogP contribution in [0, 0.1) is 5.82 Å². The van der Waals surface area contributed by atoms with E-state index in [1.807, 2.05) is 0 Å². The van der Waals surface area contributed by atoms with Crippen LogP contribution in [0.25, 0.3) is 6.08 Å². The van der Waals surface area contributed by atoms with Gasteiger partial charge in [0, 0.05) is 28.7 Å². The van der Waals surface area contributed by atoms with Crippen LogP contribution in [0.3, 0.4) is 0 Å². The van der Waals surface area contributed by atoms with Gasteiger partial charge in [0.15, 0.2) is 0 Å². The number of aliphatic carboxylic acids is 1. The molecule has 1 aromatic rings. The van der Waals surface area contributed by atoms with Crippen LogP contribution in [0.5, 0.6) is 0 Å². The van der Waals surface area contributed by atoms with Crippen LogP contribution in [-0.2, 0) is 9.59 Å². The highest BCUT2D eigenvalue weighted by molar-refractivity contribution is 9.10. The summed E-state index contributed by atoms with van der Waals surface area (Å²) in [6.07, 6.45) is 2.52. The zero-order valence-corrected chi connectivity index (χ0v) is 13.4. The van der Waals surface area contributed by atoms with Crippen molar-refractivity contribution in [2.45, 2.75) is 26.3 Å². The molecule has 1 aromatic carbocycles. The molecule has 0 aliphatic rings. The first-order valence-corrected chi connectivity index (χ1v) is 7.30. The summed E-state index contributed by atoms with van der Waals surface area (Å²) in [5.74, 6) is -1.73. The Hall–Kier alpha value is -1.69. The van der Waals surface area contributed by atoms with E-state index in [9.17, 15) is 14.0 Å². The molecule has 0 saturated heterocycles. The van der Waals surface area contributed by atoms with Gasteiger partial charge in [-0.15, -0.1) is 0 Å². The number of halogens is 2. The van der Waals surface area contributed by atoms with Gasteiger partial charge in [-0.2, -0.15) is 0 Å². The van der Waals surface area contributed by atoms with Crippen molar-refractivity contribution in [3.8, 4) is 0 Å². The molecule has 4 nitrogen and oxygen atoms in total. The molecule has 0 radical (unpaired) electrons. The number of hydrogen-bond donors (Lipinski definition) is 1. The highest BCUT2D eigenvalue weighted by Gasteiger charge is 2.18. The van der Waals surface area contributed by atoms with E-state index in [4.69, 9.17) is 5.11 Å². The second kappa shape index (κ2) is 7.93. The van der Waals surface area contributed by atoms with Gasteiger partial charge in [0.25, 0.3) is 0 Å². The highest BCUT2D eigenvalue weighted by atomic mass is 79.9. The molecule has 1 N–H and O–H groups in total. The summed E-state index contributed by atoms with van der Waals surface area (Å²) in [5.41, 5.74) is 0.291. The fourth-order valence-electron chi connectivity index (χ4n) is 1.95. The van der Waals surface area contributed by atoms with Crippen LogP contribution < -0.4 is 0 Å². The quantitative estimate of drug-likeness (QED) is 0.794. The predicted octanol–water partition coefficient (Wildman–Crippen LogP) is 3.31. The predicted molar refractivity (Wildman–Crippen MR) is 82.2 cm³/mol. The van der Waals surface area contributed by atoms with Gasteiger partial charge in [0.2, 0.25) is 5.91 Å². The van der Waals surface area contributed by atoms with Crippen LogP contribution >= 0.6 is 15.9 Å². The highest BCUT2D eigenvalue weighted by Crippen LogP contribution is 2.17. The summed E-state index contributed by atoms with van der Waals surface area (Å²) in [7, 11) is 0. The molecule has 1 atom stereocenters. The standard InChI is InChI=1S/C15H17BrFNO3/c1-3-18(10(2)8-15(20)21)14(19)7-4-11-9-12(16)5-6-13(11)17/h4-7,9-10H,3,8H2,1-2H3,(H,20,21). The Morgan fingerprint density at radius 1 is 1.48 bits per heavy atom. The Morgan fingerprint density at radius 2 is 2.14 bits per heavy atom. The first-order chi connectivity index (χ1) is 9.85. The fourth-order valence-corrected chi connectivity index (χ4v) is 2.33. The Morgan fingerprint density at radius 3 is 2.71 bits per heavy atom. The van der Waals surface area contributed by atoms with Crippen molar-refractivity contribution in [1.82, 2.24) is 4.90 Å². The summed E-state index contributed by atoms with van der Waals surface area (Å²) < 4.78 is 14.3. The van der Waals surface area contributed by atoms with Crippen molar-refractivity contribution < 1.29 is 19.1 Å². The maximum Gasteiger partial charge on any atom is 0.305 e. The number of carboxylic acids is 1. The fraction of sp³-hybridized carbons (Fsp3) is 0.333. The van der Waals surface area contributed by atoms with Gasteiger partial charge in [0.05, 0.1) is 6.42 Å². The van der Waals surface area contributed by atoms with E-state index in [1.165, 1.54) is 23.1 Å². The molecule has 1 unspecified atom stereocenters. The van der Waals surface area contributed by atoms with Crippen molar-refractivity contribution in [1.29, 1.82) is 0 Å². The lowest BCUT2D eigenvalue weighted by atomic mass is 10.1. The second-order valence-corrected chi connectivity index (χ2v) is 5.49. The van der Waals surface area contributed by atoms with Crippen LogP contribution in [-0.4, -0.2) is 34.5 Å². The second-order valence-electron chi connectivity index (χ2n) is 4.57. The number of rotatable bonds is 6. The monoisotopic (exact) mass is 357 g/mol. The number of benzene rings is 1. The van der Waals surface area contributed by atoms with E-state index in [2.05, 4.69) is 15.9 Å². The zero-order valence-electron chi connectivity index (χ0n) is 11.8. The van der Waals surface area contributed by atoms with Gasteiger partial charge in [-0.3, -0.25) is 9.59 Å². The summed E-state index contributed by atoms with van der Waals surface area (Å²) >= 11 is 3.24. The number of carbonyl (C=O) groups is 2. The van der Waals surface area contributed by atoms with Crippen LogP contribution in [0.15, 0.2) is 28.7 Å². The van der Waals surface area contributed by atoms with Gasteiger partial charge >= 0.3 is 5.97 Å². The largest absolute Gasteiger partial charge is 0.481 e. The molecular weight excluding hydrogens is 341 g/mol. The molecule has 114 valence electrons. The molecule has 0 heterocycles. The number of carbonyl (C=O) groups excluding carboxylic acids is 1. The minimum Gasteiger partial charge on any atom is -0.481 e. The minimum atomic E-state index is -0.962. The molecule has 0 fully saturated rings. The van der Waals surface area contributed by atoms with E-state index in [1.54, 1.807) is 26.0 Å². The molecule has 1 amide bonds. The van der Waals surface area contributed by atoms with Gasteiger partial charge in [-0.25, -0.2) is 4.39 Å². The molecule has 0 aliphatic carbocycles. The van der Waals surface area contributed by atoms with E-state index in [0.717, 1.165) is 0 Å². The third kappa shape index (κ3) is 5.30. The molecule has 6 heteroatoms. The summed E-state index contributed by atoms with van der Waals surface area (Å²) in [5, 5.41) is 8.77. The Kier molecular flexibility index (Phi) is 6.55. The average molecular weight is 358 g/mol. The van der Waals surface area contributed by atoms with Gasteiger partial charge in [-0.1, -0.05) is 15.9 Å². The third-order valence-corrected chi connectivity index (χ3v) is 3.48. The summed E-state index contributed by atoms with van der Waals surface area (Å²) in [6, 6.07) is 4.02. The van der Waals surface area contributed by atoms with Crippen LogP contribution in [0.1, 0.15) is 25.8 Å². The van der Waals surface area contributed by atoms with Crippen LogP contribution in [0.4, 0.5) is 4.39 Å². The summed E-state index contributed by atoms with van der Waals surface area (Å²) in [4.78, 5) is 24.2. The summed E-state index contributed by atoms with van der Waals surface area (Å²) in [6.45, 7) is 3.82. The number of likely N-dealkylation sites (N-methyl/N-ethyl adjacent to an activating group) is 1. The van der Waals surface area contributed by atoms with Crippen LogP contribution in [0.2, 0.25) is 0 Å². The molecular formula is C15H17BrFNO3. The third-order valence-electron chi connectivity index (χ3n) is 2.99. The molecule has 0 spiro atoms. The van der Waals surface area contributed by atoms with Gasteiger partial charge in [0.1, 0.15) is 5.82 Å². The molecule has 1 rings (SSSR count). The van der Waals surface area contributed by atoms with E-state index in [-0.39, 0.29) is 12.3 Å². The smallest absolute Gasteiger partial charge is 0.305 e. The Bertz CT molecular complexity index is 560. The lowest BCUT2D eigenvalue weighted by Gasteiger charge is -2.25. The molecule has 0 aromatic heterocycles. The molecule has 0 saturated carbocycles. The van der Waals surface area contributed by atoms with Crippen molar-refractivity contribution in [2.75, 3.05) is 6.54 Å². The number of nitrogens with zero attached hydrogens (tertiary/aromatic N) is 1. The van der Waals surface area contributed by atoms with E-state index in [0.29, 0.717) is 16.6 Å². The van der Waals surface area contributed by atoms with E-state index >= 15 is 0 Å². The Labute approximate surface area is 131 Å². The lowest BCUT2D eigenvalue weighted by Crippen LogP contribution is -2.38. The molecule has 21 heavy (non-hydrogen) atoms. The number of carboxylic acid groups (broad SMARTS) is 1. The molecule has 0 aliphatic heterocycles. The van der Waals surface area contributed by atoms with E-state index < -0.39 is 17.8 Å². The topological polar surface area (TPSA) is 57.6 Å². The minimum absolute atomic E-state index is 0.126. The molecule has 0 bridgehead atoms. The zero-order chi connectivity index (χ0) is 16.0. The van der Waals surface area contributed by atoms with Crippen molar-refractivity contribution in [3.05, 3.63) is 40.1 Å². The lowest BCUT2D eigenvalue weighted by molar-refractivity contribution is -0.139. The normalized spacial score (nSPS) is 12.4. The number of amides is 1. The van der Waals surface area contributed by atoms with Gasteiger partial charge < -0.3 is 10.0 Å². The van der Waals surface area contributed by atoms with Gasteiger partial charge in [-0.05, 0) is 38.1 Å². The Balaban J connectivity index is 2.84. The average Bonchev–Trinajstić information content (AvgIpc) is 2.39. The maximum absolute atomic E-state index is 13.6. The number of hydrogen-bond acceptors (Lipinski definition) is 2. The van der Waals surface area contributed by atoms with Crippen molar-refractivity contribution in [2.24, 2.45) is 0 Å². The first-order valence-electron chi connectivity index (χ1n) is 6.50.